The summed E-state index contributed by atoms with van der Waals surface area (Å²) >= 11 is 0. The van der Waals surface area contributed by atoms with Crippen LogP contribution >= 0.6 is 0 Å². The Balaban J connectivity index is 1.96. The molecule has 0 amide bonds. The number of nitrogens with one attached hydrogen (secondary N) is 1. The first-order valence-corrected chi connectivity index (χ1v) is 8.36. The van der Waals surface area contributed by atoms with E-state index in [0.29, 0.717) is 17.4 Å². The van der Waals surface area contributed by atoms with E-state index in [1.165, 1.54) is 24.1 Å². The van der Waals surface area contributed by atoms with Crippen molar-refractivity contribution < 1.29 is 0 Å². The Morgan fingerprint density at radius 3 is 2.52 bits per heavy atom. The Labute approximate surface area is 128 Å². The van der Waals surface area contributed by atoms with Gasteiger partial charge in [0.25, 0.3) is 0 Å². The summed E-state index contributed by atoms with van der Waals surface area (Å²) in [5, 5.41) is 3.90. The molecule has 4 rings (SSSR count). The molecule has 0 saturated heterocycles. The van der Waals surface area contributed by atoms with E-state index in [-0.39, 0.29) is 10.8 Å². The first-order chi connectivity index (χ1) is 9.77. The van der Waals surface area contributed by atoms with Gasteiger partial charge in [-0.2, -0.15) is 0 Å². The maximum atomic E-state index is 3.90. The summed E-state index contributed by atoms with van der Waals surface area (Å²) < 4.78 is 0. The highest BCUT2D eigenvalue weighted by Gasteiger charge is 2.61. The van der Waals surface area contributed by atoms with Gasteiger partial charge in [0.05, 0.1) is 0 Å². The van der Waals surface area contributed by atoms with Crippen LogP contribution in [0.15, 0.2) is 35.9 Å². The molecule has 1 nitrogen and oxygen atoms in total. The largest absolute Gasteiger partial charge is 0.380 e. The molecule has 1 aromatic rings. The van der Waals surface area contributed by atoms with E-state index in [9.17, 15) is 0 Å². The van der Waals surface area contributed by atoms with Gasteiger partial charge in [-0.05, 0) is 35.8 Å². The fourth-order valence-corrected chi connectivity index (χ4v) is 5.69. The lowest BCUT2D eigenvalue weighted by molar-refractivity contribution is 0.126. The second kappa shape index (κ2) is 3.74. The summed E-state index contributed by atoms with van der Waals surface area (Å²) in [5.41, 5.74) is 5.42. The van der Waals surface area contributed by atoms with Crippen LogP contribution in [-0.2, 0) is 0 Å². The zero-order valence-electron chi connectivity index (χ0n) is 14.0. The minimum absolute atomic E-state index is 0.220. The van der Waals surface area contributed by atoms with Gasteiger partial charge in [0.2, 0.25) is 0 Å². The van der Waals surface area contributed by atoms with Gasteiger partial charge >= 0.3 is 0 Å². The van der Waals surface area contributed by atoms with E-state index in [4.69, 9.17) is 0 Å². The molecule has 1 saturated carbocycles. The van der Waals surface area contributed by atoms with Crippen LogP contribution in [0.5, 0.6) is 0 Å². The zero-order chi connectivity index (χ0) is 15.0. The minimum Gasteiger partial charge on any atom is -0.380 e. The second-order valence-electron chi connectivity index (χ2n) is 8.80. The number of rotatable bonds is 0. The predicted molar refractivity (Wildman–Crippen MR) is 89.6 cm³/mol. The monoisotopic (exact) mass is 281 g/mol. The molecule has 0 aromatic heterocycles. The van der Waals surface area contributed by atoms with E-state index in [0.717, 1.165) is 0 Å². The third kappa shape index (κ3) is 1.53. The predicted octanol–water partition coefficient (Wildman–Crippen LogP) is 5.36. The number of hydrogen-bond donors (Lipinski definition) is 1. The second-order valence-corrected chi connectivity index (χ2v) is 8.80. The summed E-state index contributed by atoms with van der Waals surface area (Å²) in [6.07, 6.45) is 5.21. The molecule has 112 valence electrons. The van der Waals surface area contributed by atoms with Crippen molar-refractivity contribution in [3.8, 4) is 0 Å². The lowest BCUT2D eigenvalue weighted by atomic mass is 9.52. The quantitative estimate of drug-likeness (QED) is 0.631. The van der Waals surface area contributed by atoms with Crippen molar-refractivity contribution in [2.24, 2.45) is 16.2 Å². The highest BCUT2D eigenvalue weighted by atomic mass is 15.0. The van der Waals surface area contributed by atoms with Crippen LogP contribution in [0.25, 0.3) is 0 Å². The highest BCUT2D eigenvalue weighted by molar-refractivity contribution is 5.62. The molecule has 1 aliphatic heterocycles. The van der Waals surface area contributed by atoms with Gasteiger partial charge in [-0.15, -0.1) is 0 Å². The van der Waals surface area contributed by atoms with Crippen molar-refractivity contribution in [1.29, 1.82) is 0 Å². The van der Waals surface area contributed by atoms with Crippen LogP contribution < -0.4 is 5.32 Å². The van der Waals surface area contributed by atoms with Gasteiger partial charge in [-0.1, -0.05) is 64.5 Å². The number of anilines is 1. The summed E-state index contributed by atoms with van der Waals surface area (Å²) in [4.78, 5) is 0. The average molecular weight is 281 g/mol. The van der Waals surface area contributed by atoms with E-state index in [1.54, 1.807) is 5.57 Å². The summed E-state index contributed by atoms with van der Waals surface area (Å²) in [5.74, 6) is 0.668. The van der Waals surface area contributed by atoms with Gasteiger partial charge in [-0.25, -0.2) is 0 Å². The van der Waals surface area contributed by atoms with Crippen LogP contribution in [0.4, 0.5) is 5.69 Å². The van der Waals surface area contributed by atoms with E-state index in [2.05, 4.69) is 70.3 Å². The molecule has 1 aromatic carbocycles. The molecule has 1 N–H and O–H groups in total. The highest BCUT2D eigenvalue weighted by Crippen LogP contribution is 2.68. The maximum Gasteiger partial charge on any atom is 0.0443 e. The van der Waals surface area contributed by atoms with Crippen molar-refractivity contribution in [3.63, 3.8) is 0 Å². The third-order valence-corrected chi connectivity index (χ3v) is 6.59. The molecule has 0 spiro atoms. The SMILES string of the molecule is CC1(C)CC[C@@H]2c3ccccc3N[C@@H]3C(C)(C)C=C1[C@@]23C. The van der Waals surface area contributed by atoms with Crippen molar-refractivity contribution in [2.45, 2.75) is 59.4 Å². The van der Waals surface area contributed by atoms with E-state index < -0.39 is 0 Å². The lowest BCUT2D eigenvalue weighted by Gasteiger charge is -2.56. The van der Waals surface area contributed by atoms with Crippen molar-refractivity contribution in [3.05, 3.63) is 41.5 Å². The van der Waals surface area contributed by atoms with Gasteiger partial charge in [0.1, 0.15) is 0 Å². The summed E-state index contributed by atoms with van der Waals surface area (Å²) in [6, 6.07) is 9.49. The Bertz CT molecular complexity index is 637. The lowest BCUT2D eigenvalue weighted by Crippen LogP contribution is -2.53. The van der Waals surface area contributed by atoms with Crippen LogP contribution in [0.3, 0.4) is 0 Å². The smallest absolute Gasteiger partial charge is 0.0443 e. The Hall–Kier alpha value is -1.24. The number of benzene rings is 1. The summed E-state index contributed by atoms with van der Waals surface area (Å²) in [7, 11) is 0. The molecule has 2 aliphatic carbocycles. The van der Waals surface area contributed by atoms with Crippen molar-refractivity contribution >= 4 is 5.69 Å². The van der Waals surface area contributed by atoms with E-state index >= 15 is 0 Å². The van der Waals surface area contributed by atoms with Crippen LogP contribution in [0, 0.1) is 16.2 Å². The molecule has 1 heterocycles. The van der Waals surface area contributed by atoms with Crippen LogP contribution in [0.2, 0.25) is 0 Å². The molecule has 0 unspecified atom stereocenters. The third-order valence-electron chi connectivity index (χ3n) is 6.59. The standard InChI is InChI=1S/C20H27N/c1-18(2)11-10-14-13-8-6-7-9-15(13)21-17-19(3,4)12-16(18)20(14,17)5/h6-9,12,14,17,21H,10-11H2,1-5H3/t14-,17-,20-/m1/s1. The summed E-state index contributed by atoms with van der Waals surface area (Å²) in [6.45, 7) is 12.2. The Morgan fingerprint density at radius 1 is 1.05 bits per heavy atom. The van der Waals surface area contributed by atoms with Gasteiger partial charge in [-0.3, -0.25) is 0 Å². The fraction of sp³-hybridized carbons (Fsp3) is 0.600. The molecule has 1 fully saturated rings. The average Bonchev–Trinajstić information content (AvgIpc) is 2.62. The number of fused-ring (bicyclic) bond motifs is 2. The Morgan fingerprint density at radius 2 is 1.76 bits per heavy atom. The molecule has 21 heavy (non-hydrogen) atoms. The normalized spacial score (nSPS) is 38.0. The van der Waals surface area contributed by atoms with Crippen LogP contribution in [0.1, 0.15) is 58.9 Å². The van der Waals surface area contributed by atoms with Crippen LogP contribution in [-0.4, -0.2) is 6.04 Å². The first kappa shape index (κ1) is 13.4. The number of para-hydroxylation sites is 1. The molecular formula is C20H27N. The molecule has 0 bridgehead atoms. The molecular weight excluding hydrogens is 254 g/mol. The Kier molecular flexibility index (Phi) is 2.39. The first-order valence-electron chi connectivity index (χ1n) is 8.36. The topological polar surface area (TPSA) is 12.0 Å². The maximum absolute atomic E-state index is 3.90. The minimum atomic E-state index is 0.220. The fourth-order valence-electron chi connectivity index (χ4n) is 5.69. The van der Waals surface area contributed by atoms with E-state index in [1.807, 2.05) is 0 Å². The van der Waals surface area contributed by atoms with Crippen molar-refractivity contribution in [1.82, 2.24) is 0 Å². The van der Waals surface area contributed by atoms with Gasteiger partial charge < -0.3 is 5.32 Å². The molecule has 0 radical (unpaired) electrons. The molecule has 3 aliphatic rings. The zero-order valence-corrected chi connectivity index (χ0v) is 14.0. The molecule has 1 heteroatoms. The van der Waals surface area contributed by atoms with Gasteiger partial charge in [0.15, 0.2) is 0 Å². The number of hydrogen-bond acceptors (Lipinski definition) is 1. The molecule has 3 atom stereocenters. The van der Waals surface area contributed by atoms with Crippen molar-refractivity contribution in [2.75, 3.05) is 5.32 Å². The van der Waals surface area contributed by atoms with Gasteiger partial charge in [0, 0.05) is 22.6 Å².